The lowest BCUT2D eigenvalue weighted by molar-refractivity contribution is 0.0720. The van der Waals surface area contributed by atoms with Crippen LogP contribution >= 0.6 is 11.3 Å². The fourth-order valence-corrected chi connectivity index (χ4v) is 3.92. The second-order valence-electron chi connectivity index (χ2n) is 5.26. The highest BCUT2D eigenvalue weighted by molar-refractivity contribution is 7.10. The number of nitriles is 1. The van der Waals surface area contributed by atoms with Crippen molar-refractivity contribution in [3.05, 3.63) is 57.3 Å². The number of fused-ring (bicyclic) bond motifs is 1. The molecule has 1 atom stereocenters. The molecule has 0 amide bonds. The van der Waals surface area contributed by atoms with Gasteiger partial charge in [0.05, 0.1) is 11.5 Å². The van der Waals surface area contributed by atoms with Gasteiger partial charge in [-0.3, -0.25) is 0 Å². The summed E-state index contributed by atoms with van der Waals surface area (Å²) in [7, 11) is 0. The van der Waals surface area contributed by atoms with Crippen LogP contribution in [-0.4, -0.2) is 5.11 Å². The average Bonchev–Trinajstić information content (AvgIpc) is 3.01. The molecule has 2 aromatic rings. The third-order valence-corrected chi connectivity index (χ3v) is 5.10. The Hall–Kier alpha value is -1.63. The molecule has 96 valence electrons. The summed E-state index contributed by atoms with van der Waals surface area (Å²) in [5, 5.41) is 22.3. The van der Waals surface area contributed by atoms with E-state index < -0.39 is 11.5 Å². The van der Waals surface area contributed by atoms with Gasteiger partial charge in [-0.05, 0) is 47.9 Å². The molecule has 1 aliphatic carbocycles. The summed E-state index contributed by atoms with van der Waals surface area (Å²) in [6.45, 7) is 1.99. The van der Waals surface area contributed by atoms with Gasteiger partial charge in [-0.1, -0.05) is 24.3 Å². The summed E-state index contributed by atoms with van der Waals surface area (Å²) in [5.41, 5.74) is 2.75. The van der Waals surface area contributed by atoms with Crippen LogP contribution in [0.5, 0.6) is 0 Å². The van der Waals surface area contributed by atoms with Gasteiger partial charge in [-0.25, -0.2) is 0 Å². The number of nitrogens with zero attached hydrogens (tertiary/aromatic N) is 1. The van der Waals surface area contributed by atoms with Crippen LogP contribution in [0.15, 0.2) is 35.7 Å². The van der Waals surface area contributed by atoms with Crippen LogP contribution in [0, 0.1) is 23.7 Å². The fourth-order valence-electron chi connectivity index (χ4n) is 2.89. The van der Waals surface area contributed by atoms with Gasteiger partial charge in [-0.2, -0.15) is 5.26 Å². The van der Waals surface area contributed by atoms with Crippen molar-refractivity contribution < 1.29 is 5.11 Å². The molecule has 0 aliphatic heterocycles. The number of hydrogen-bond donors (Lipinski definition) is 1. The van der Waals surface area contributed by atoms with Crippen LogP contribution in [-0.2, 0) is 12.8 Å². The van der Waals surface area contributed by atoms with E-state index >= 15 is 0 Å². The zero-order valence-corrected chi connectivity index (χ0v) is 11.6. The van der Waals surface area contributed by atoms with Crippen LogP contribution in [0.1, 0.15) is 27.7 Å². The van der Waals surface area contributed by atoms with Crippen molar-refractivity contribution in [2.24, 2.45) is 5.41 Å². The maximum absolute atomic E-state index is 10.7. The van der Waals surface area contributed by atoms with Crippen molar-refractivity contribution >= 4 is 11.3 Å². The molecule has 1 aromatic carbocycles. The summed E-state index contributed by atoms with van der Waals surface area (Å²) in [6, 6.07) is 12.5. The normalized spacial score (nSPS) is 17.7. The predicted molar refractivity (Wildman–Crippen MR) is 75.9 cm³/mol. The lowest BCUT2D eigenvalue weighted by Crippen LogP contribution is -2.28. The van der Waals surface area contributed by atoms with E-state index in [9.17, 15) is 10.4 Å². The molecule has 1 heterocycles. The zero-order valence-electron chi connectivity index (χ0n) is 10.8. The van der Waals surface area contributed by atoms with Crippen molar-refractivity contribution in [1.82, 2.24) is 0 Å². The summed E-state index contributed by atoms with van der Waals surface area (Å²) >= 11 is 1.54. The Labute approximate surface area is 116 Å². The van der Waals surface area contributed by atoms with Gasteiger partial charge in [0.2, 0.25) is 0 Å². The van der Waals surface area contributed by atoms with E-state index in [4.69, 9.17) is 0 Å². The quantitative estimate of drug-likeness (QED) is 0.908. The number of rotatable bonds is 2. The number of hydrogen-bond acceptors (Lipinski definition) is 3. The minimum absolute atomic E-state index is 0.637. The van der Waals surface area contributed by atoms with Crippen LogP contribution < -0.4 is 0 Å². The van der Waals surface area contributed by atoms with Gasteiger partial charge < -0.3 is 5.11 Å². The molecule has 0 radical (unpaired) electrons. The van der Waals surface area contributed by atoms with Gasteiger partial charge >= 0.3 is 0 Å². The molecule has 0 bridgehead atoms. The monoisotopic (exact) mass is 269 g/mol. The Morgan fingerprint density at radius 1 is 1.26 bits per heavy atom. The molecule has 1 unspecified atom stereocenters. The Morgan fingerprint density at radius 3 is 2.37 bits per heavy atom. The molecule has 0 saturated heterocycles. The van der Waals surface area contributed by atoms with Gasteiger partial charge in [0, 0.05) is 4.88 Å². The maximum atomic E-state index is 10.7. The molecule has 2 nitrogen and oxygen atoms in total. The zero-order chi connectivity index (χ0) is 13.5. The van der Waals surface area contributed by atoms with Crippen LogP contribution in [0.4, 0.5) is 0 Å². The highest BCUT2D eigenvalue weighted by Gasteiger charge is 2.45. The maximum Gasteiger partial charge on any atom is 0.108 e. The second-order valence-corrected chi connectivity index (χ2v) is 6.21. The molecular formula is C16H15NOS. The number of aryl methyl sites for hydroxylation is 1. The highest BCUT2D eigenvalue weighted by Crippen LogP contribution is 2.47. The average molecular weight is 269 g/mol. The molecule has 1 aromatic heterocycles. The van der Waals surface area contributed by atoms with Crippen molar-refractivity contribution in [3.8, 4) is 6.07 Å². The molecule has 1 aliphatic rings. The van der Waals surface area contributed by atoms with E-state index in [2.05, 4.69) is 18.2 Å². The third-order valence-electron chi connectivity index (χ3n) is 4.03. The van der Waals surface area contributed by atoms with Crippen molar-refractivity contribution in [2.75, 3.05) is 0 Å². The second kappa shape index (κ2) is 4.48. The number of aliphatic hydroxyl groups excluding tert-OH is 1. The van der Waals surface area contributed by atoms with E-state index in [0.717, 1.165) is 10.4 Å². The first-order valence-electron chi connectivity index (χ1n) is 6.36. The Morgan fingerprint density at radius 2 is 1.89 bits per heavy atom. The van der Waals surface area contributed by atoms with Crippen molar-refractivity contribution in [2.45, 2.75) is 25.9 Å². The highest BCUT2D eigenvalue weighted by atomic mass is 32.1. The number of benzene rings is 1. The lowest BCUT2D eigenvalue weighted by atomic mass is 9.79. The first kappa shape index (κ1) is 12.4. The lowest BCUT2D eigenvalue weighted by Gasteiger charge is -2.26. The van der Waals surface area contributed by atoms with Crippen LogP contribution in [0.2, 0.25) is 0 Å². The summed E-state index contributed by atoms with van der Waals surface area (Å²) in [5.74, 6) is 0. The Balaban J connectivity index is 2.00. The summed E-state index contributed by atoms with van der Waals surface area (Å²) in [6.07, 6.45) is 0.570. The Bertz CT molecular complexity index is 628. The third kappa shape index (κ3) is 1.88. The molecule has 1 N–H and O–H groups in total. The molecule has 0 saturated carbocycles. The molecule has 19 heavy (non-hydrogen) atoms. The van der Waals surface area contributed by atoms with Gasteiger partial charge in [0.15, 0.2) is 0 Å². The SMILES string of the molecule is Cc1ccsc1C(O)C1(C#N)Cc2ccccc2C1. The van der Waals surface area contributed by atoms with Crippen molar-refractivity contribution in [1.29, 1.82) is 5.26 Å². The van der Waals surface area contributed by atoms with E-state index in [1.54, 1.807) is 0 Å². The van der Waals surface area contributed by atoms with Gasteiger partial charge in [-0.15, -0.1) is 11.3 Å². The molecule has 3 heteroatoms. The first-order chi connectivity index (χ1) is 9.16. The number of thiophene rings is 1. The number of aliphatic hydroxyl groups is 1. The first-order valence-corrected chi connectivity index (χ1v) is 7.24. The Kier molecular flexibility index (Phi) is 2.93. The van der Waals surface area contributed by atoms with E-state index in [1.165, 1.54) is 22.5 Å². The molecule has 3 rings (SSSR count). The van der Waals surface area contributed by atoms with E-state index in [-0.39, 0.29) is 0 Å². The van der Waals surface area contributed by atoms with Crippen molar-refractivity contribution in [3.63, 3.8) is 0 Å². The summed E-state index contributed by atoms with van der Waals surface area (Å²) < 4.78 is 0. The smallest absolute Gasteiger partial charge is 0.108 e. The van der Waals surface area contributed by atoms with E-state index in [1.807, 2.05) is 30.5 Å². The minimum Gasteiger partial charge on any atom is -0.386 e. The summed E-state index contributed by atoms with van der Waals surface area (Å²) in [4.78, 5) is 0.925. The topological polar surface area (TPSA) is 44.0 Å². The molecular weight excluding hydrogens is 254 g/mol. The fraction of sp³-hybridized carbons (Fsp3) is 0.312. The molecule has 0 fully saturated rings. The minimum atomic E-state index is -0.709. The van der Waals surface area contributed by atoms with E-state index in [0.29, 0.717) is 12.8 Å². The predicted octanol–water partition coefficient (Wildman–Crippen LogP) is 3.40. The van der Waals surface area contributed by atoms with Gasteiger partial charge in [0.25, 0.3) is 0 Å². The largest absolute Gasteiger partial charge is 0.386 e. The van der Waals surface area contributed by atoms with Gasteiger partial charge in [0.1, 0.15) is 6.10 Å². The molecule has 0 spiro atoms. The van der Waals surface area contributed by atoms with Crippen LogP contribution in [0.25, 0.3) is 0 Å². The van der Waals surface area contributed by atoms with Crippen LogP contribution in [0.3, 0.4) is 0 Å². The standard InChI is InChI=1S/C16H15NOS/c1-11-6-7-19-14(11)15(18)16(10-17)8-12-4-2-3-5-13(12)9-16/h2-7,15,18H,8-9H2,1H3.